The molecule has 0 spiro atoms. The molecule has 0 saturated carbocycles. The molecule has 0 radical (unpaired) electrons. The average molecular weight is 208 g/mol. The Hall–Kier alpha value is -0.465. The average Bonchev–Trinajstić information content (AvgIpc) is 2.52. The summed E-state index contributed by atoms with van der Waals surface area (Å²) in [5.41, 5.74) is 0. The number of amidine groups is 1. The first-order chi connectivity index (χ1) is 7.11. The van der Waals surface area contributed by atoms with Crippen LogP contribution in [0.2, 0.25) is 5.82 Å². The first kappa shape index (κ1) is 12.6. The highest BCUT2D eigenvalue weighted by molar-refractivity contribution is 6.12. The fraction of sp³-hybridized carbons (Fsp3) is 0.917. The Balaban J connectivity index is 2.70. The van der Waals surface area contributed by atoms with Gasteiger partial charge in [-0.1, -0.05) is 32.5 Å². The van der Waals surface area contributed by atoms with Gasteiger partial charge in [0.2, 0.25) is 0 Å². The Morgan fingerprint density at radius 2 is 2.27 bits per heavy atom. The lowest BCUT2D eigenvalue weighted by Gasteiger charge is -2.28. The summed E-state index contributed by atoms with van der Waals surface area (Å²) in [6, 6.07) is 0.726. The molecule has 3 atom stereocenters. The minimum atomic E-state index is 0.726. The minimum Gasteiger partial charge on any atom is -0.360 e. The van der Waals surface area contributed by atoms with Crippen LogP contribution in [-0.2, 0) is 0 Å². The van der Waals surface area contributed by atoms with Crippen LogP contribution in [-0.4, -0.2) is 38.7 Å². The Morgan fingerprint density at radius 3 is 2.73 bits per heavy atom. The normalized spacial score (nSPS) is 31.2. The van der Waals surface area contributed by atoms with Crippen molar-refractivity contribution < 1.29 is 0 Å². The van der Waals surface area contributed by atoms with Gasteiger partial charge in [-0.2, -0.15) is 0 Å². The van der Waals surface area contributed by atoms with Gasteiger partial charge in [0.05, 0.1) is 5.84 Å². The van der Waals surface area contributed by atoms with Crippen LogP contribution in [0.3, 0.4) is 0 Å². The summed E-state index contributed by atoms with van der Waals surface area (Å²) >= 11 is 0. The van der Waals surface area contributed by atoms with Crippen LogP contribution in [0.25, 0.3) is 0 Å². The molecule has 86 valence electrons. The second kappa shape index (κ2) is 5.57. The zero-order valence-electron chi connectivity index (χ0n) is 11.0. The fourth-order valence-electron chi connectivity index (χ4n) is 2.72. The predicted octanol–water partition coefficient (Wildman–Crippen LogP) is 1.97. The van der Waals surface area contributed by atoms with E-state index >= 15 is 0 Å². The number of unbranched alkanes of at least 4 members (excludes halogenated alkanes) is 1. The van der Waals surface area contributed by atoms with Gasteiger partial charge in [0.1, 0.15) is 7.85 Å². The third-order valence-corrected chi connectivity index (χ3v) is 3.78. The van der Waals surface area contributed by atoms with E-state index in [4.69, 9.17) is 0 Å². The number of likely N-dealkylation sites (tertiary alicyclic amines) is 1. The molecular formula is C12H25BN2. The van der Waals surface area contributed by atoms with Crippen molar-refractivity contribution in [3.05, 3.63) is 0 Å². The van der Waals surface area contributed by atoms with Crippen LogP contribution >= 0.6 is 0 Å². The van der Waals surface area contributed by atoms with Gasteiger partial charge in [-0.15, -0.1) is 0 Å². The summed E-state index contributed by atoms with van der Waals surface area (Å²) in [5, 5.41) is 0. The van der Waals surface area contributed by atoms with Gasteiger partial charge in [0.25, 0.3) is 0 Å². The van der Waals surface area contributed by atoms with E-state index in [9.17, 15) is 0 Å². The van der Waals surface area contributed by atoms with E-state index in [0.29, 0.717) is 0 Å². The highest BCUT2D eigenvalue weighted by Crippen LogP contribution is 2.35. The van der Waals surface area contributed by atoms with Crippen LogP contribution in [0.15, 0.2) is 4.99 Å². The van der Waals surface area contributed by atoms with Crippen molar-refractivity contribution in [1.82, 2.24) is 4.90 Å². The second-order valence-corrected chi connectivity index (χ2v) is 5.07. The van der Waals surface area contributed by atoms with Crippen molar-refractivity contribution in [2.45, 2.75) is 51.4 Å². The van der Waals surface area contributed by atoms with Crippen LogP contribution in [0.5, 0.6) is 0 Å². The van der Waals surface area contributed by atoms with Crippen LogP contribution in [0.1, 0.15) is 39.5 Å². The monoisotopic (exact) mass is 208 g/mol. The van der Waals surface area contributed by atoms with Crippen LogP contribution in [0, 0.1) is 5.92 Å². The first-order valence-corrected chi connectivity index (χ1v) is 6.30. The lowest BCUT2D eigenvalue weighted by atomic mass is 9.73. The zero-order valence-corrected chi connectivity index (χ0v) is 11.0. The third kappa shape index (κ3) is 2.76. The van der Waals surface area contributed by atoms with Crippen molar-refractivity contribution in [3.8, 4) is 0 Å². The van der Waals surface area contributed by atoms with Crippen molar-refractivity contribution in [1.29, 1.82) is 0 Å². The quantitative estimate of drug-likeness (QED) is 0.645. The number of hydrogen-bond donors (Lipinski definition) is 0. The van der Waals surface area contributed by atoms with E-state index in [0.717, 1.165) is 17.8 Å². The van der Waals surface area contributed by atoms with Gasteiger partial charge >= 0.3 is 0 Å². The van der Waals surface area contributed by atoms with Gasteiger partial charge in [0, 0.05) is 26.6 Å². The standard InChI is InChI=1S/C12H25BN2/c1-5-6-7-11-10(9(2)13)8-12(14-3)15(11)4/h9-11H,5-8,13H2,1-4H3/b14-12+. The molecule has 0 aliphatic carbocycles. The summed E-state index contributed by atoms with van der Waals surface area (Å²) in [7, 11) is 6.48. The molecule has 2 nitrogen and oxygen atoms in total. The van der Waals surface area contributed by atoms with Crippen LogP contribution in [0.4, 0.5) is 0 Å². The Bertz CT molecular complexity index is 226. The van der Waals surface area contributed by atoms with Crippen molar-refractivity contribution in [2.24, 2.45) is 10.9 Å². The fourth-order valence-corrected chi connectivity index (χ4v) is 2.72. The molecule has 0 aromatic heterocycles. The Labute approximate surface area is 95.6 Å². The topological polar surface area (TPSA) is 15.6 Å². The largest absolute Gasteiger partial charge is 0.360 e. The molecule has 1 fully saturated rings. The maximum atomic E-state index is 4.40. The molecule has 1 heterocycles. The number of hydrogen-bond acceptors (Lipinski definition) is 1. The molecule has 0 aromatic carbocycles. The summed E-state index contributed by atoms with van der Waals surface area (Å²) in [6.07, 6.45) is 5.15. The molecule has 1 aliphatic heterocycles. The van der Waals surface area contributed by atoms with E-state index in [-0.39, 0.29) is 0 Å². The molecule has 1 rings (SSSR count). The minimum absolute atomic E-state index is 0.726. The SMILES string of the molecule is BC(C)C1C/C(=N\C)N(C)C1CCCC. The van der Waals surface area contributed by atoms with E-state index in [1.54, 1.807) is 0 Å². The highest BCUT2D eigenvalue weighted by Gasteiger charge is 2.36. The van der Waals surface area contributed by atoms with Gasteiger partial charge in [-0.3, -0.25) is 4.99 Å². The van der Waals surface area contributed by atoms with E-state index in [1.807, 2.05) is 7.05 Å². The number of aliphatic imine (C=N–C) groups is 1. The molecule has 0 bridgehead atoms. The molecule has 1 saturated heterocycles. The predicted molar refractivity (Wildman–Crippen MR) is 70.5 cm³/mol. The maximum absolute atomic E-state index is 4.40. The third-order valence-electron chi connectivity index (χ3n) is 3.78. The summed E-state index contributed by atoms with van der Waals surface area (Å²) in [6.45, 7) is 4.62. The molecule has 3 unspecified atom stereocenters. The van der Waals surface area contributed by atoms with E-state index in [2.05, 4.69) is 38.6 Å². The smallest absolute Gasteiger partial charge is 0.105 e. The van der Waals surface area contributed by atoms with Gasteiger partial charge in [-0.05, 0) is 12.3 Å². The van der Waals surface area contributed by atoms with Gasteiger partial charge in [-0.25, -0.2) is 0 Å². The molecule has 15 heavy (non-hydrogen) atoms. The Morgan fingerprint density at radius 1 is 1.60 bits per heavy atom. The van der Waals surface area contributed by atoms with Crippen molar-refractivity contribution >= 4 is 13.7 Å². The zero-order chi connectivity index (χ0) is 11.4. The summed E-state index contributed by atoms with van der Waals surface area (Å²) in [5.74, 6) is 2.88. The van der Waals surface area contributed by atoms with Crippen LogP contribution < -0.4 is 0 Å². The lowest BCUT2D eigenvalue weighted by Crippen LogP contribution is -2.32. The molecule has 1 aliphatic rings. The summed E-state index contributed by atoms with van der Waals surface area (Å²) in [4.78, 5) is 6.82. The van der Waals surface area contributed by atoms with E-state index in [1.165, 1.54) is 31.5 Å². The van der Waals surface area contributed by atoms with Crippen molar-refractivity contribution in [3.63, 3.8) is 0 Å². The molecular weight excluding hydrogens is 183 g/mol. The molecule has 0 N–H and O–H groups in total. The van der Waals surface area contributed by atoms with Gasteiger partial charge < -0.3 is 4.90 Å². The number of rotatable bonds is 4. The van der Waals surface area contributed by atoms with E-state index < -0.39 is 0 Å². The molecule has 0 aromatic rings. The second-order valence-electron chi connectivity index (χ2n) is 5.07. The highest BCUT2D eigenvalue weighted by atomic mass is 15.2. The Kier molecular flexibility index (Phi) is 4.68. The van der Waals surface area contributed by atoms with Gasteiger partial charge in [0.15, 0.2) is 0 Å². The summed E-state index contributed by atoms with van der Waals surface area (Å²) < 4.78 is 0. The lowest BCUT2D eigenvalue weighted by molar-refractivity contribution is 0.285. The maximum Gasteiger partial charge on any atom is 0.105 e. The molecule has 0 amide bonds. The first-order valence-electron chi connectivity index (χ1n) is 6.30. The number of nitrogens with zero attached hydrogens (tertiary/aromatic N) is 2. The molecule has 3 heteroatoms. The van der Waals surface area contributed by atoms with Crippen molar-refractivity contribution in [2.75, 3.05) is 14.1 Å².